The first-order valence-electron chi connectivity index (χ1n) is 11.7. The highest BCUT2D eigenvalue weighted by atomic mass is 16.1. The van der Waals surface area contributed by atoms with Crippen LogP contribution in [-0.2, 0) is 24.2 Å². The first-order valence-corrected chi connectivity index (χ1v) is 11.7. The Kier molecular flexibility index (Phi) is 6.22. The molecule has 0 unspecified atom stereocenters. The van der Waals surface area contributed by atoms with Gasteiger partial charge < -0.3 is 10.2 Å². The van der Waals surface area contributed by atoms with Crippen LogP contribution in [0.2, 0.25) is 0 Å². The van der Waals surface area contributed by atoms with Crippen molar-refractivity contribution in [3.8, 4) is 0 Å². The Balaban J connectivity index is 1.31. The van der Waals surface area contributed by atoms with E-state index >= 15 is 0 Å². The molecule has 1 saturated heterocycles. The van der Waals surface area contributed by atoms with E-state index in [2.05, 4.69) is 81.8 Å². The summed E-state index contributed by atoms with van der Waals surface area (Å²) < 4.78 is 0. The molecule has 5 rings (SSSR count). The van der Waals surface area contributed by atoms with Gasteiger partial charge in [-0.15, -0.1) is 0 Å². The van der Waals surface area contributed by atoms with Gasteiger partial charge in [-0.1, -0.05) is 78.9 Å². The number of benzene rings is 3. The van der Waals surface area contributed by atoms with E-state index in [-0.39, 0.29) is 17.9 Å². The van der Waals surface area contributed by atoms with E-state index in [9.17, 15) is 4.79 Å². The highest BCUT2D eigenvalue weighted by Crippen LogP contribution is 2.36. The van der Waals surface area contributed by atoms with E-state index in [1.54, 1.807) is 0 Å². The lowest BCUT2D eigenvalue weighted by Crippen LogP contribution is -2.61. The van der Waals surface area contributed by atoms with Crippen LogP contribution in [0, 0.1) is 5.92 Å². The second-order valence-corrected chi connectivity index (χ2v) is 8.94. The van der Waals surface area contributed by atoms with Crippen LogP contribution in [0.5, 0.6) is 0 Å². The van der Waals surface area contributed by atoms with Gasteiger partial charge in [0.05, 0.1) is 12.0 Å². The van der Waals surface area contributed by atoms with E-state index in [0.717, 1.165) is 44.6 Å². The lowest BCUT2D eigenvalue weighted by Gasteiger charge is -2.49. The third-order valence-corrected chi connectivity index (χ3v) is 6.91. The SMILES string of the molecule is O=C(NCc1ccccc1)[C@H]1Cc2ccccc2N2CCN(CCc3ccccc3)C[C@H]12. The molecular formula is C28H31N3O. The molecule has 164 valence electrons. The van der Waals surface area contributed by atoms with Crippen LogP contribution in [0.25, 0.3) is 0 Å². The van der Waals surface area contributed by atoms with Crippen LogP contribution in [0.1, 0.15) is 16.7 Å². The van der Waals surface area contributed by atoms with Crippen LogP contribution < -0.4 is 10.2 Å². The van der Waals surface area contributed by atoms with Crippen molar-refractivity contribution < 1.29 is 4.79 Å². The number of amides is 1. The molecule has 0 aromatic heterocycles. The summed E-state index contributed by atoms with van der Waals surface area (Å²) in [6.07, 6.45) is 1.86. The molecule has 0 saturated carbocycles. The highest BCUT2D eigenvalue weighted by molar-refractivity contribution is 5.82. The predicted molar refractivity (Wildman–Crippen MR) is 130 cm³/mol. The summed E-state index contributed by atoms with van der Waals surface area (Å²) in [7, 11) is 0. The summed E-state index contributed by atoms with van der Waals surface area (Å²) in [5, 5.41) is 3.22. The summed E-state index contributed by atoms with van der Waals surface area (Å²) in [5.74, 6) is 0.136. The predicted octanol–water partition coefficient (Wildman–Crippen LogP) is 3.91. The standard InChI is InChI=1S/C28H31N3O/c32-28(29-20-23-11-5-2-6-12-23)25-19-24-13-7-8-14-26(24)31-18-17-30(21-27(25)31)16-15-22-9-3-1-4-10-22/h1-14,25,27H,15-21H2,(H,29,32)/t25-,27+/m0/s1. The van der Waals surface area contributed by atoms with Gasteiger partial charge in [0.1, 0.15) is 0 Å². The molecule has 0 spiro atoms. The molecule has 3 aromatic carbocycles. The van der Waals surface area contributed by atoms with E-state index in [1.165, 1.54) is 16.8 Å². The largest absolute Gasteiger partial charge is 0.365 e. The Labute approximate surface area is 190 Å². The third kappa shape index (κ3) is 4.56. The highest BCUT2D eigenvalue weighted by Gasteiger charge is 2.41. The van der Waals surface area contributed by atoms with Gasteiger partial charge in [0.25, 0.3) is 0 Å². The fraction of sp³-hybridized carbons (Fsp3) is 0.321. The molecule has 0 bridgehead atoms. The van der Waals surface area contributed by atoms with Crippen LogP contribution >= 0.6 is 0 Å². The molecule has 2 heterocycles. The number of nitrogens with zero attached hydrogens (tertiary/aromatic N) is 2. The number of anilines is 1. The number of hydrogen-bond donors (Lipinski definition) is 1. The molecular weight excluding hydrogens is 394 g/mol. The number of carbonyl (C=O) groups is 1. The van der Waals surface area contributed by atoms with Crippen molar-refractivity contribution in [2.24, 2.45) is 5.92 Å². The lowest BCUT2D eigenvalue weighted by molar-refractivity contribution is -0.126. The van der Waals surface area contributed by atoms with Crippen LogP contribution in [0.3, 0.4) is 0 Å². The number of hydrogen-bond acceptors (Lipinski definition) is 3. The molecule has 4 nitrogen and oxygen atoms in total. The normalized spacial score (nSPS) is 20.3. The van der Waals surface area contributed by atoms with Crippen LogP contribution in [-0.4, -0.2) is 43.0 Å². The van der Waals surface area contributed by atoms with Gasteiger partial charge in [0.15, 0.2) is 0 Å². The van der Waals surface area contributed by atoms with E-state index in [0.29, 0.717) is 6.54 Å². The second kappa shape index (κ2) is 9.58. The fourth-order valence-corrected chi connectivity index (χ4v) is 5.17. The maximum absolute atomic E-state index is 13.4. The Morgan fingerprint density at radius 1 is 0.844 bits per heavy atom. The first kappa shape index (κ1) is 20.8. The summed E-state index contributed by atoms with van der Waals surface area (Å²) in [5.41, 5.74) is 5.12. The monoisotopic (exact) mass is 425 g/mol. The van der Waals surface area contributed by atoms with Crippen molar-refractivity contribution in [1.29, 1.82) is 0 Å². The maximum atomic E-state index is 13.4. The van der Waals surface area contributed by atoms with Crippen LogP contribution in [0.15, 0.2) is 84.9 Å². The zero-order valence-electron chi connectivity index (χ0n) is 18.5. The average Bonchev–Trinajstić information content (AvgIpc) is 2.86. The van der Waals surface area contributed by atoms with Gasteiger partial charge in [-0.3, -0.25) is 9.69 Å². The average molecular weight is 426 g/mol. The Hall–Kier alpha value is -3.11. The van der Waals surface area contributed by atoms with Gasteiger partial charge in [0.2, 0.25) is 5.91 Å². The molecule has 0 radical (unpaired) electrons. The molecule has 2 aliphatic heterocycles. The Morgan fingerprint density at radius 2 is 1.53 bits per heavy atom. The van der Waals surface area contributed by atoms with Crippen molar-refractivity contribution in [1.82, 2.24) is 10.2 Å². The number of piperazine rings is 1. The number of para-hydroxylation sites is 1. The number of fused-ring (bicyclic) bond motifs is 3. The second-order valence-electron chi connectivity index (χ2n) is 8.94. The zero-order chi connectivity index (χ0) is 21.8. The molecule has 2 atom stereocenters. The van der Waals surface area contributed by atoms with Crippen molar-refractivity contribution in [2.45, 2.75) is 25.4 Å². The van der Waals surface area contributed by atoms with Gasteiger partial charge in [-0.2, -0.15) is 0 Å². The van der Waals surface area contributed by atoms with Crippen molar-refractivity contribution in [3.63, 3.8) is 0 Å². The minimum absolute atomic E-state index is 0.0341. The summed E-state index contributed by atoms with van der Waals surface area (Å²) in [6, 6.07) is 29.7. The third-order valence-electron chi connectivity index (χ3n) is 6.91. The molecule has 32 heavy (non-hydrogen) atoms. The Morgan fingerprint density at radius 3 is 2.31 bits per heavy atom. The molecule has 0 aliphatic carbocycles. The van der Waals surface area contributed by atoms with E-state index < -0.39 is 0 Å². The molecule has 3 aromatic rings. The summed E-state index contributed by atoms with van der Waals surface area (Å²) >= 11 is 0. The van der Waals surface area contributed by atoms with Crippen LogP contribution in [0.4, 0.5) is 5.69 Å². The maximum Gasteiger partial charge on any atom is 0.225 e. The van der Waals surface area contributed by atoms with Crippen molar-refractivity contribution in [2.75, 3.05) is 31.1 Å². The fourth-order valence-electron chi connectivity index (χ4n) is 5.17. The molecule has 2 aliphatic rings. The summed E-state index contributed by atoms with van der Waals surface area (Å²) in [4.78, 5) is 18.4. The minimum Gasteiger partial charge on any atom is -0.365 e. The smallest absolute Gasteiger partial charge is 0.225 e. The van der Waals surface area contributed by atoms with Gasteiger partial charge in [-0.25, -0.2) is 0 Å². The van der Waals surface area contributed by atoms with Crippen molar-refractivity contribution in [3.05, 3.63) is 102 Å². The zero-order valence-corrected chi connectivity index (χ0v) is 18.5. The van der Waals surface area contributed by atoms with Gasteiger partial charge >= 0.3 is 0 Å². The molecule has 1 N–H and O–H groups in total. The molecule has 4 heteroatoms. The Bertz CT molecular complexity index is 1040. The quantitative estimate of drug-likeness (QED) is 0.651. The number of carbonyl (C=O) groups excluding carboxylic acids is 1. The van der Waals surface area contributed by atoms with Gasteiger partial charge in [-0.05, 0) is 35.6 Å². The van der Waals surface area contributed by atoms with Crippen molar-refractivity contribution >= 4 is 11.6 Å². The van der Waals surface area contributed by atoms with E-state index in [1.807, 2.05) is 18.2 Å². The number of nitrogens with one attached hydrogen (secondary N) is 1. The van der Waals surface area contributed by atoms with Gasteiger partial charge in [0, 0.05) is 38.4 Å². The molecule has 1 amide bonds. The topological polar surface area (TPSA) is 35.6 Å². The van der Waals surface area contributed by atoms with E-state index in [4.69, 9.17) is 0 Å². The molecule has 1 fully saturated rings. The lowest BCUT2D eigenvalue weighted by atomic mass is 9.83. The summed E-state index contributed by atoms with van der Waals surface area (Å²) in [6.45, 7) is 4.57. The number of rotatable bonds is 6. The first-order chi connectivity index (χ1) is 15.8. The minimum atomic E-state index is -0.0341.